The molecule has 2 heterocycles. The molecular weight excluding hydrogens is 255 g/mol. The van der Waals surface area contributed by atoms with Gasteiger partial charge in [-0.05, 0) is 37.6 Å². The van der Waals surface area contributed by atoms with Crippen molar-refractivity contribution in [2.75, 3.05) is 0 Å². The molecule has 0 unspecified atom stereocenters. The molecule has 1 aromatic carbocycles. The number of aryl methyl sites for hydroxylation is 2. The molecule has 0 atom stereocenters. The van der Waals surface area contributed by atoms with Crippen molar-refractivity contribution >= 4 is 0 Å². The fourth-order valence-corrected chi connectivity index (χ4v) is 2.06. The number of aromatic nitrogens is 4. The maximum Gasteiger partial charge on any atom is 0.250 e. The van der Waals surface area contributed by atoms with Crippen LogP contribution >= 0.6 is 0 Å². The second kappa shape index (κ2) is 4.85. The Morgan fingerprint density at radius 3 is 2.45 bits per heavy atom. The van der Waals surface area contributed by atoms with E-state index in [1.165, 1.54) is 12.1 Å². The van der Waals surface area contributed by atoms with Crippen molar-refractivity contribution in [1.29, 1.82) is 0 Å². The molecule has 0 saturated heterocycles. The molecule has 0 aliphatic rings. The summed E-state index contributed by atoms with van der Waals surface area (Å²) < 4.78 is 14.8. The summed E-state index contributed by atoms with van der Waals surface area (Å²) in [6.45, 7) is 3.82. The lowest BCUT2D eigenvalue weighted by molar-refractivity contribution is 0.628. The molecule has 2 aromatic heterocycles. The second-order valence-corrected chi connectivity index (χ2v) is 4.63. The van der Waals surface area contributed by atoms with Crippen molar-refractivity contribution in [3.8, 4) is 17.1 Å². The highest BCUT2D eigenvalue weighted by atomic mass is 19.1. The monoisotopic (exact) mass is 268 g/mol. The minimum atomic E-state index is -0.266. The standard InChI is InChI=1S/C15H13FN4/c1-10-6-11(2)19-15(18-10)20-9-13(8-17-20)12-4-3-5-14(16)7-12/h3-9H,1-2H3. The molecule has 100 valence electrons. The highest BCUT2D eigenvalue weighted by Gasteiger charge is 2.07. The SMILES string of the molecule is Cc1cc(C)nc(-n2cc(-c3cccc(F)c3)cn2)n1. The summed E-state index contributed by atoms with van der Waals surface area (Å²) >= 11 is 0. The molecule has 4 nitrogen and oxygen atoms in total. The molecule has 5 heteroatoms. The Balaban J connectivity index is 2.02. The van der Waals surface area contributed by atoms with Gasteiger partial charge in [0.15, 0.2) is 0 Å². The average molecular weight is 268 g/mol. The van der Waals surface area contributed by atoms with E-state index in [0.717, 1.165) is 22.5 Å². The lowest BCUT2D eigenvalue weighted by Crippen LogP contribution is -2.03. The predicted octanol–water partition coefficient (Wildman–Crippen LogP) is 3.09. The number of hydrogen-bond donors (Lipinski definition) is 0. The lowest BCUT2D eigenvalue weighted by atomic mass is 10.1. The van der Waals surface area contributed by atoms with E-state index in [2.05, 4.69) is 15.1 Å². The van der Waals surface area contributed by atoms with Crippen molar-refractivity contribution in [1.82, 2.24) is 19.7 Å². The van der Waals surface area contributed by atoms with Crippen molar-refractivity contribution in [2.24, 2.45) is 0 Å². The third-order valence-electron chi connectivity index (χ3n) is 2.92. The van der Waals surface area contributed by atoms with Gasteiger partial charge in [0.2, 0.25) is 0 Å². The van der Waals surface area contributed by atoms with Crippen LogP contribution in [0.25, 0.3) is 17.1 Å². The van der Waals surface area contributed by atoms with Crippen LogP contribution in [0.3, 0.4) is 0 Å². The van der Waals surface area contributed by atoms with Crippen molar-refractivity contribution in [2.45, 2.75) is 13.8 Å². The van der Waals surface area contributed by atoms with E-state index < -0.39 is 0 Å². The summed E-state index contributed by atoms with van der Waals surface area (Å²) in [5.41, 5.74) is 3.37. The van der Waals surface area contributed by atoms with E-state index in [-0.39, 0.29) is 5.82 Å². The van der Waals surface area contributed by atoms with E-state index in [9.17, 15) is 4.39 Å². The molecule has 0 fully saturated rings. The van der Waals surface area contributed by atoms with Crippen molar-refractivity contribution in [3.05, 3.63) is 59.9 Å². The summed E-state index contributed by atoms with van der Waals surface area (Å²) in [7, 11) is 0. The smallest absolute Gasteiger partial charge is 0.216 e. The molecule has 0 radical (unpaired) electrons. The Hall–Kier alpha value is -2.56. The molecule has 3 rings (SSSR count). The summed E-state index contributed by atoms with van der Waals surface area (Å²) in [6, 6.07) is 8.31. The van der Waals surface area contributed by atoms with Crippen LogP contribution in [0, 0.1) is 19.7 Å². The third-order valence-corrected chi connectivity index (χ3v) is 2.92. The molecule has 0 aliphatic heterocycles. The molecule has 0 N–H and O–H groups in total. The molecule has 0 aliphatic carbocycles. The Labute approximate surface area is 115 Å². The van der Waals surface area contributed by atoms with Gasteiger partial charge in [0.05, 0.1) is 6.20 Å². The Morgan fingerprint density at radius 1 is 1.00 bits per heavy atom. The zero-order chi connectivity index (χ0) is 14.1. The minimum absolute atomic E-state index is 0.266. The van der Waals surface area contributed by atoms with Crippen molar-refractivity contribution in [3.63, 3.8) is 0 Å². The predicted molar refractivity (Wildman–Crippen MR) is 74.0 cm³/mol. The van der Waals surface area contributed by atoms with Crippen LogP contribution in [0.4, 0.5) is 4.39 Å². The summed E-state index contributed by atoms with van der Waals surface area (Å²) in [5, 5.41) is 4.24. The first-order valence-corrected chi connectivity index (χ1v) is 6.25. The number of hydrogen-bond acceptors (Lipinski definition) is 3. The molecular formula is C15H13FN4. The number of benzene rings is 1. The van der Waals surface area contributed by atoms with Gasteiger partial charge in [0.25, 0.3) is 5.95 Å². The van der Waals surface area contributed by atoms with Gasteiger partial charge in [-0.15, -0.1) is 0 Å². The first-order valence-electron chi connectivity index (χ1n) is 6.25. The van der Waals surface area contributed by atoms with E-state index in [1.54, 1.807) is 23.1 Å². The summed E-state index contributed by atoms with van der Waals surface area (Å²) in [5.74, 6) is 0.253. The molecule has 0 saturated carbocycles. The van der Waals surface area contributed by atoms with E-state index >= 15 is 0 Å². The normalized spacial score (nSPS) is 10.8. The van der Waals surface area contributed by atoms with Crippen LogP contribution < -0.4 is 0 Å². The Kier molecular flexibility index (Phi) is 3.02. The van der Waals surface area contributed by atoms with Crippen LogP contribution in [0.2, 0.25) is 0 Å². The maximum atomic E-state index is 13.2. The van der Waals surface area contributed by atoms with Gasteiger partial charge >= 0.3 is 0 Å². The molecule has 0 spiro atoms. The van der Waals surface area contributed by atoms with Gasteiger partial charge in [-0.2, -0.15) is 5.10 Å². The average Bonchev–Trinajstić information content (AvgIpc) is 2.87. The zero-order valence-corrected chi connectivity index (χ0v) is 11.2. The second-order valence-electron chi connectivity index (χ2n) is 4.63. The summed E-state index contributed by atoms with van der Waals surface area (Å²) in [6.07, 6.45) is 3.47. The largest absolute Gasteiger partial charge is 0.250 e. The molecule has 20 heavy (non-hydrogen) atoms. The zero-order valence-electron chi connectivity index (χ0n) is 11.2. The minimum Gasteiger partial charge on any atom is -0.216 e. The van der Waals surface area contributed by atoms with E-state index in [1.807, 2.05) is 26.0 Å². The first-order chi connectivity index (χ1) is 9.61. The van der Waals surface area contributed by atoms with Crippen LogP contribution in [0.15, 0.2) is 42.7 Å². The molecule has 0 amide bonds. The fourth-order valence-electron chi connectivity index (χ4n) is 2.06. The lowest BCUT2D eigenvalue weighted by Gasteiger charge is -2.02. The van der Waals surface area contributed by atoms with Crippen LogP contribution in [0.1, 0.15) is 11.4 Å². The quantitative estimate of drug-likeness (QED) is 0.717. The van der Waals surface area contributed by atoms with E-state index in [4.69, 9.17) is 0 Å². The van der Waals surface area contributed by atoms with Crippen molar-refractivity contribution < 1.29 is 4.39 Å². The maximum absolute atomic E-state index is 13.2. The third kappa shape index (κ3) is 2.42. The molecule has 0 bridgehead atoms. The van der Waals surface area contributed by atoms with Gasteiger partial charge in [0, 0.05) is 23.1 Å². The Morgan fingerprint density at radius 2 is 1.75 bits per heavy atom. The van der Waals surface area contributed by atoms with Crippen LogP contribution in [-0.2, 0) is 0 Å². The topological polar surface area (TPSA) is 43.6 Å². The highest BCUT2D eigenvalue weighted by Crippen LogP contribution is 2.20. The van der Waals surface area contributed by atoms with Gasteiger partial charge < -0.3 is 0 Å². The van der Waals surface area contributed by atoms with Gasteiger partial charge in [-0.25, -0.2) is 19.0 Å². The van der Waals surface area contributed by atoms with Gasteiger partial charge in [-0.1, -0.05) is 12.1 Å². The fraction of sp³-hybridized carbons (Fsp3) is 0.133. The van der Waals surface area contributed by atoms with Crippen LogP contribution in [-0.4, -0.2) is 19.7 Å². The summed E-state index contributed by atoms with van der Waals surface area (Å²) in [4.78, 5) is 8.69. The number of halogens is 1. The van der Waals surface area contributed by atoms with Gasteiger partial charge in [0.1, 0.15) is 5.82 Å². The number of rotatable bonds is 2. The van der Waals surface area contributed by atoms with E-state index in [0.29, 0.717) is 5.95 Å². The number of nitrogens with zero attached hydrogens (tertiary/aromatic N) is 4. The molecule has 3 aromatic rings. The van der Waals surface area contributed by atoms with Crippen LogP contribution in [0.5, 0.6) is 0 Å². The first kappa shape index (κ1) is 12.5. The van der Waals surface area contributed by atoms with Gasteiger partial charge in [-0.3, -0.25) is 0 Å². The highest BCUT2D eigenvalue weighted by molar-refractivity contribution is 5.61. The Bertz CT molecular complexity index is 744.